The van der Waals surface area contributed by atoms with Crippen molar-refractivity contribution in [3.05, 3.63) is 0 Å². The molecule has 98 valence electrons. The molecule has 0 radical (unpaired) electrons. The normalized spacial score (nSPS) is 36.1. The van der Waals surface area contributed by atoms with E-state index in [9.17, 15) is 9.90 Å². The van der Waals surface area contributed by atoms with Gasteiger partial charge in [0.2, 0.25) is 5.91 Å². The summed E-state index contributed by atoms with van der Waals surface area (Å²) in [5, 5.41) is 10.2. The van der Waals surface area contributed by atoms with Crippen molar-refractivity contribution >= 4 is 5.91 Å². The van der Waals surface area contributed by atoms with Crippen molar-refractivity contribution in [3.8, 4) is 0 Å². The summed E-state index contributed by atoms with van der Waals surface area (Å²) in [6.45, 7) is 6.88. The zero-order valence-electron chi connectivity index (χ0n) is 11.1. The molecule has 1 saturated heterocycles. The van der Waals surface area contributed by atoms with E-state index in [0.29, 0.717) is 13.1 Å². The first-order valence-corrected chi connectivity index (χ1v) is 6.57. The summed E-state index contributed by atoms with van der Waals surface area (Å²) in [6, 6.07) is -0.0252. The van der Waals surface area contributed by atoms with E-state index < -0.39 is 11.0 Å². The molecular formula is C13H24N2O2. The van der Waals surface area contributed by atoms with Gasteiger partial charge in [-0.25, -0.2) is 0 Å². The molecule has 4 nitrogen and oxygen atoms in total. The number of hydrogen-bond acceptors (Lipinski definition) is 3. The lowest BCUT2D eigenvalue weighted by Crippen LogP contribution is -2.68. The van der Waals surface area contributed by atoms with Crippen molar-refractivity contribution in [2.45, 2.75) is 51.7 Å². The van der Waals surface area contributed by atoms with Gasteiger partial charge >= 0.3 is 0 Å². The van der Waals surface area contributed by atoms with Crippen molar-refractivity contribution in [1.82, 2.24) is 4.90 Å². The number of carbonyl (C=O) groups is 1. The highest BCUT2D eigenvalue weighted by molar-refractivity contribution is 5.84. The first-order chi connectivity index (χ1) is 7.79. The molecule has 3 N–H and O–H groups in total. The van der Waals surface area contributed by atoms with E-state index in [1.165, 1.54) is 0 Å². The number of aliphatic hydroxyl groups is 1. The first-order valence-electron chi connectivity index (χ1n) is 6.57. The van der Waals surface area contributed by atoms with Gasteiger partial charge in [0, 0.05) is 6.04 Å². The van der Waals surface area contributed by atoms with Crippen LogP contribution in [0.1, 0.15) is 40.0 Å². The highest BCUT2D eigenvalue weighted by Crippen LogP contribution is 2.41. The van der Waals surface area contributed by atoms with Crippen molar-refractivity contribution in [2.24, 2.45) is 17.1 Å². The second-order valence-corrected chi connectivity index (χ2v) is 6.34. The Labute approximate surface area is 103 Å². The third-order valence-corrected chi connectivity index (χ3v) is 4.81. The lowest BCUT2D eigenvalue weighted by Gasteiger charge is -2.51. The van der Waals surface area contributed by atoms with Gasteiger partial charge in [0.05, 0.1) is 18.5 Å². The highest BCUT2D eigenvalue weighted by Gasteiger charge is 2.52. The van der Waals surface area contributed by atoms with Crippen LogP contribution in [0, 0.1) is 11.3 Å². The lowest BCUT2D eigenvalue weighted by atomic mass is 9.78. The van der Waals surface area contributed by atoms with E-state index in [2.05, 4.69) is 0 Å². The van der Waals surface area contributed by atoms with Crippen LogP contribution >= 0.6 is 0 Å². The number of hydrogen-bond donors (Lipinski definition) is 2. The summed E-state index contributed by atoms with van der Waals surface area (Å²) in [5.41, 5.74) is 4.96. The zero-order valence-corrected chi connectivity index (χ0v) is 11.1. The standard InChI is InChI=1S/C13H24N2O2/c1-9(2)13(17)7-15(8-13)11(16)12(3)6-4-5-10(12)14/h9-10,17H,4-8,14H2,1-3H3. The van der Waals surface area contributed by atoms with Gasteiger partial charge in [-0.05, 0) is 25.7 Å². The second-order valence-electron chi connectivity index (χ2n) is 6.34. The first kappa shape index (κ1) is 12.8. The van der Waals surface area contributed by atoms with Crippen LogP contribution in [-0.4, -0.2) is 40.6 Å². The van der Waals surface area contributed by atoms with Gasteiger partial charge in [0.25, 0.3) is 0 Å². The predicted molar refractivity (Wildman–Crippen MR) is 66.3 cm³/mol. The lowest BCUT2D eigenvalue weighted by molar-refractivity contribution is -0.173. The Morgan fingerprint density at radius 3 is 2.47 bits per heavy atom. The molecule has 0 aromatic heterocycles. The topological polar surface area (TPSA) is 66.6 Å². The minimum absolute atomic E-state index is 0.0252. The monoisotopic (exact) mass is 240 g/mol. The quantitative estimate of drug-likeness (QED) is 0.748. The molecule has 1 aliphatic heterocycles. The van der Waals surface area contributed by atoms with Gasteiger partial charge in [-0.3, -0.25) is 4.79 Å². The van der Waals surface area contributed by atoms with Crippen LogP contribution in [0.15, 0.2) is 0 Å². The van der Waals surface area contributed by atoms with Gasteiger partial charge < -0.3 is 15.7 Å². The van der Waals surface area contributed by atoms with Crippen LogP contribution in [-0.2, 0) is 4.79 Å². The number of amides is 1. The van der Waals surface area contributed by atoms with E-state index in [0.717, 1.165) is 19.3 Å². The number of carbonyl (C=O) groups excluding carboxylic acids is 1. The van der Waals surface area contributed by atoms with Gasteiger partial charge in [-0.2, -0.15) is 0 Å². The van der Waals surface area contributed by atoms with Crippen molar-refractivity contribution < 1.29 is 9.90 Å². The Balaban J connectivity index is 2.00. The number of likely N-dealkylation sites (tertiary alicyclic amines) is 1. The molecule has 1 saturated carbocycles. The maximum atomic E-state index is 12.4. The third kappa shape index (κ3) is 1.87. The highest BCUT2D eigenvalue weighted by atomic mass is 16.3. The molecule has 2 fully saturated rings. The molecule has 0 bridgehead atoms. The van der Waals surface area contributed by atoms with Gasteiger partial charge in [-0.15, -0.1) is 0 Å². The van der Waals surface area contributed by atoms with Gasteiger partial charge in [0.1, 0.15) is 5.60 Å². The Kier molecular flexibility index (Phi) is 2.99. The van der Waals surface area contributed by atoms with Crippen LogP contribution in [0.2, 0.25) is 0 Å². The van der Waals surface area contributed by atoms with Crippen LogP contribution in [0.25, 0.3) is 0 Å². The Hall–Kier alpha value is -0.610. The molecule has 4 heteroatoms. The Morgan fingerprint density at radius 1 is 1.47 bits per heavy atom. The molecule has 17 heavy (non-hydrogen) atoms. The smallest absolute Gasteiger partial charge is 0.230 e. The molecule has 1 aliphatic carbocycles. The van der Waals surface area contributed by atoms with E-state index in [-0.39, 0.29) is 17.9 Å². The van der Waals surface area contributed by atoms with Crippen LogP contribution in [0.4, 0.5) is 0 Å². The van der Waals surface area contributed by atoms with Gasteiger partial charge in [-0.1, -0.05) is 20.3 Å². The molecule has 1 heterocycles. The molecule has 0 aromatic rings. The number of β-amino-alcohol motifs (C(OH)–C–C–N with tert-alkyl or cyclic N) is 1. The second kappa shape index (κ2) is 3.95. The SMILES string of the molecule is CC(C)C1(O)CN(C(=O)C2(C)CCCC2N)C1. The minimum atomic E-state index is -0.686. The van der Waals surface area contributed by atoms with Crippen LogP contribution in [0.3, 0.4) is 0 Å². The summed E-state index contributed by atoms with van der Waals surface area (Å²) < 4.78 is 0. The average molecular weight is 240 g/mol. The summed E-state index contributed by atoms with van der Waals surface area (Å²) in [6.07, 6.45) is 2.85. The molecule has 2 atom stereocenters. The fourth-order valence-corrected chi connectivity index (χ4v) is 2.94. The van der Waals surface area contributed by atoms with E-state index in [1.54, 1.807) is 4.90 Å². The maximum absolute atomic E-state index is 12.4. The summed E-state index contributed by atoms with van der Waals surface area (Å²) in [4.78, 5) is 14.2. The molecule has 2 aliphatic rings. The van der Waals surface area contributed by atoms with E-state index in [4.69, 9.17) is 5.73 Å². The van der Waals surface area contributed by atoms with Crippen molar-refractivity contribution in [1.29, 1.82) is 0 Å². The molecule has 2 rings (SSSR count). The summed E-state index contributed by atoms with van der Waals surface area (Å²) in [7, 11) is 0. The number of nitrogens with zero attached hydrogens (tertiary/aromatic N) is 1. The van der Waals surface area contributed by atoms with Crippen molar-refractivity contribution in [3.63, 3.8) is 0 Å². The van der Waals surface area contributed by atoms with Crippen LogP contribution < -0.4 is 5.73 Å². The molecule has 0 aromatic carbocycles. The average Bonchev–Trinajstić information content (AvgIpc) is 2.54. The fraction of sp³-hybridized carbons (Fsp3) is 0.923. The van der Waals surface area contributed by atoms with E-state index in [1.807, 2.05) is 20.8 Å². The molecule has 1 amide bonds. The Bertz CT molecular complexity index is 323. The Morgan fingerprint density at radius 2 is 2.06 bits per heavy atom. The summed E-state index contributed by atoms with van der Waals surface area (Å²) in [5.74, 6) is 0.324. The number of rotatable bonds is 2. The van der Waals surface area contributed by atoms with Crippen molar-refractivity contribution in [2.75, 3.05) is 13.1 Å². The molecular weight excluding hydrogens is 216 g/mol. The number of nitrogens with two attached hydrogens (primary N) is 1. The fourth-order valence-electron chi connectivity index (χ4n) is 2.94. The third-order valence-electron chi connectivity index (χ3n) is 4.81. The molecule has 2 unspecified atom stereocenters. The minimum Gasteiger partial charge on any atom is -0.386 e. The van der Waals surface area contributed by atoms with Gasteiger partial charge in [0.15, 0.2) is 0 Å². The predicted octanol–water partition coefficient (Wildman–Crippen LogP) is 0.733. The van der Waals surface area contributed by atoms with E-state index >= 15 is 0 Å². The summed E-state index contributed by atoms with van der Waals surface area (Å²) >= 11 is 0. The maximum Gasteiger partial charge on any atom is 0.230 e. The van der Waals surface area contributed by atoms with Crippen LogP contribution in [0.5, 0.6) is 0 Å². The molecule has 0 spiro atoms. The largest absolute Gasteiger partial charge is 0.386 e. The zero-order chi connectivity index (χ0) is 12.8.